The van der Waals surface area contributed by atoms with Crippen molar-refractivity contribution < 1.29 is 4.74 Å². The van der Waals surface area contributed by atoms with Gasteiger partial charge in [0.1, 0.15) is 0 Å². The Bertz CT molecular complexity index is 437. The van der Waals surface area contributed by atoms with Gasteiger partial charge in [0.25, 0.3) is 0 Å². The molecule has 2 atom stereocenters. The summed E-state index contributed by atoms with van der Waals surface area (Å²) in [6.07, 6.45) is 7.75. The SMILES string of the molecule is CCNC(c1ccc2c(c1)CCCC2)C1CCCOC1. The van der Waals surface area contributed by atoms with E-state index >= 15 is 0 Å². The monoisotopic (exact) mass is 273 g/mol. The van der Waals surface area contributed by atoms with Crippen LogP contribution in [-0.4, -0.2) is 19.8 Å². The van der Waals surface area contributed by atoms with E-state index in [1.807, 2.05) is 0 Å². The molecule has 2 nitrogen and oxygen atoms in total. The average Bonchev–Trinajstić information content (AvgIpc) is 2.53. The lowest BCUT2D eigenvalue weighted by molar-refractivity contribution is 0.0392. The van der Waals surface area contributed by atoms with Crippen molar-refractivity contribution in [2.24, 2.45) is 5.92 Å². The first kappa shape index (κ1) is 14.1. The molecule has 1 fully saturated rings. The Morgan fingerprint density at radius 2 is 2.05 bits per heavy atom. The summed E-state index contributed by atoms with van der Waals surface area (Å²) < 4.78 is 5.70. The minimum Gasteiger partial charge on any atom is -0.381 e. The molecule has 1 saturated heterocycles. The molecule has 0 amide bonds. The predicted octanol–water partition coefficient (Wildman–Crippen LogP) is 3.64. The summed E-state index contributed by atoms with van der Waals surface area (Å²) in [6, 6.07) is 7.66. The lowest BCUT2D eigenvalue weighted by atomic mass is 9.84. The summed E-state index contributed by atoms with van der Waals surface area (Å²) in [7, 11) is 0. The highest BCUT2D eigenvalue weighted by atomic mass is 16.5. The number of aryl methyl sites for hydroxylation is 2. The maximum absolute atomic E-state index is 5.70. The molecule has 1 aromatic carbocycles. The average molecular weight is 273 g/mol. The molecule has 0 aromatic heterocycles. The summed E-state index contributed by atoms with van der Waals surface area (Å²) in [6.45, 7) is 5.08. The molecule has 1 N–H and O–H groups in total. The molecule has 1 heterocycles. The topological polar surface area (TPSA) is 21.3 Å². The summed E-state index contributed by atoms with van der Waals surface area (Å²) in [5.74, 6) is 0.630. The Morgan fingerprint density at radius 1 is 1.20 bits per heavy atom. The van der Waals surface area contributed by atoms with Gasteiger partial charge in [-0.05, 0) is 61.8 Å². The zero-order chi connectivity index (χ0) is 13.8. The highest BCUT2D eigenvalue weighted by Crippen LogP contribution is 2.31. The Morgan fingerprint density at radius 3 is 2.80 bits per heavy atom. The number of benzene rings is 1. The van der Waals surface area contributed by atoms with Crippen LogP contribution < -0.4 is 5.32 Å². The van der Waals surface area contributed by atoms with Crippen LogP contribution in [0.2, 0.25) is 0 Å². The van der Waals surface area contributed by atoms with Gasteiger partial charge in [-0.1, -0.05) is 25.1 Å². The maximum Gasteiger partial charge on any atom is 0.0512 e. The van der Waals surface area contributed by atoms with Gasteiger partial charge in [-0.3, -0.25) is 0 Å². The molecule has 1 aliphatic carbocycles. The van der Waals surface area contributed by atoms with Crippen LogP contribution in [0.1, 0.15) is 55.3 Å². The molecule has 0 saturated carbocycles. The van der Waals surface area contributed by atoms with Gasteiger partial charge in [0.2, 0.25) is 0 Å². The van der Waals surface area contributed by atoms with Crippen molar-refractivity contribution in [3.8, 4) is 0 Å². The van der Waals surface area contributed by atoms with Crippen LogP contribution in [-0.2, 0) is 17.6 Å². The molecule has 1 aliphatic heterocycles. The number of hydrogen-bond donors (Lipinski definition) is 1. The molecule has 2 heteroatoms. The van der Waals surface area contributed by atoms with Crippen LogP contribution in [0.15, 0.2) is 18.2 Å². The second kappa shape index (κ2) is 6.73. The molecular formula is C18H27NO. The van der Waals surface area contributed by atoms with Crippen molar-refractivity contribution in [1.82, 2.24) is 5.32 Å². The first-order valence-corrected chi connectivity index (χ1v) is 8.31. The van der Waals surface area contributed by atoms with Crippen LogP contribution in [0.3, 0.4) is 0 Å². The van der Waals surface area contributed by atoms with Crippen LogP contribution in [0.5, 0.6) is 0 Å². The van der Waals surface area contributed by atoms with Crippen LogP contribution >= 0.6 is 0 Å². The van der Waals surface area contributed by atoms with E-state index in [0.717, 1.165) is 19.8 Å². The molecule has 110 valence electrons. The number of rotatable bonds is 4. The number of hydrogen-bond acceptors (Lipinski definition) is 2. The van der Waals surface area contributed by atoms with Crippen molar-refractivity contribution in [2.45, 2.75) is 51.5 Å². The van der Waals surface area contributed by atoms with Gasteiger partial charge >= 0.3 is 0 Å². The van der Waals surface area contributed by atoms with E-state index in [0.29, 0.717) is 12.0 Å². The first-order valence-electron chi connectivity index (χ1n) is 8.31. The molecule has 0 spiro atoms. The first-order chi connectivity index (χ1) is 9.88. The van der Waals surface area contributed by atoms with Gasteiger partial charge in [0.05, 0.1) is 6.61 Å². The zero-order valence-electron chi connectivity index (χ0n) is 12.7. The van der Waals surface area contributed by atoms with Crippen molar-refractivity contribution in [3.05, 3.63) is 34.9 Å². The molecule has 20 heavy (non-hydrogen) atoms. The van der Waals surface area contributed by atoms with Gasteiger partial charge in [0, 0.05) is 18.6 Å². The molecular weight excluding hydrogens is 246 g/mol. The summed E-state index contributed by atoms with van der Waals surface area (Å²) in [5, 5.41) is 3.70. The maximum atomic E-state index is 5.70. The normalized spacial score (nSPS) is 24.1. The standard InChI is InChI=1S/C18H27NO/c1-2-19-18(17-8-5-11-20-13-17)16-10-9-14-6-3-4-7-15(14)12-16/h9-10,12,17-19H,2-8,11,13H2,1H3. The third kappa shape index (κ3) is 3.07. The van der Waals surface area contributed by atoms with E-state index in [9.17, 15) is 0 Å². The number of nitrogens with one attached hydrogen (secondary N) is 1. The van der Waals surface area contributed by atoms with E-state index in [-0.39, 0.29) is 0 Å². The molecule has 0 radical (unpaired) electrons. The second-order valence-electron chi connectivity index (χ2n) is 6.25. The third-order valence-electron chi connectivity index (χ3n) is 4.82. The zero-order valence-corrected chi connectivity index (χ0v) is 12.7. The molecule has 0 bridgehead atoms. The van der Waals surface area contributed by atoms with E-state index in [1.54, 1.807) is 11.1 Å². The van der Waals surface area contributed by atoms with E-state index in [2.05, 4.69) is 30.4 Å². The van der Waals surface area contributed by atoms with Gasteiger partial charge in [-0.25, -0.2) is 0 Å². The highest BCUT2D eigenvalue weighted by molar-refractivity contribution is 5.35. The minimum absolute atomic E-state index is 0.465. The summed E-state index contributed by atoms with van der Waals surface area (Å²) in [4.78, 5) is 0. The third-order valence-corrected chi connectivity index (χ3v) is 4.82. The van der Waals surface area contributed by atoms with E-state index < -0.39 is 0 Å². The number of ether oxygens (including phenoxy) is 1. The molecule has 3 rings (SSSR count). The smallest absolute Gasteiger partial charge is 0.0512 e. The predicted molar refractivity (Wildman–Crippen MR) is 83.0 cm³/mol. The van der Waals surface area contributed by atoms with Crippen LogP contribution in [0.25, 0.3) is 0 Å². The van der Waals surface area contributed by atoms with Crippen LogP contribution in [0, 0.1) is 5.92 Å². The Hall–Kier alpha value is -0.860. The molecule has 2 unspecified atom stereocenters. The lowest BCUT2D eigenvalue weighted by Gasteiger charge is -2.32. The van der Waals surface area contributed by atoms with Crippen molar-refractivity contribution in [2.75, 3.05) is 19.8 Å². The Kier molecular flexibility index (Phi) is 4.74. The molecule has 1 aromatic rings. The van der Waals surface area contributed by atoms with Crippen LogP contribution in [0.4, 0.5) is 0 Å². The largest absolute Gasteiger partial charge is 0.381 e. The summed E-state index contributed by atoms with van der Waals surface area (Å²) in [5.41, 5.74) is 4.64. The Balaban J connectivity index is 1.82. The fraction of sp³-hybridized carbons (Fsp3) is 0.667. The fourth-order valence-electron chi connectivity index (χ4n) is 3.75. The van der Waals surface area contributed by atoms with Gasteiger partial charge in [0.15, 0.2) is 0 Å². The molecule has 2 aliphatic rings. The van der Waals surface area contributed by atoms with Gasteiger partial charge in [-0.2, -0.15) is 0 Å². The van der Waals surface area contributed by atoms with Crippen molar-refractivity contribution in [3.63, 3.8) is 0 Å². The van der Waals surface area contributed by atoms with Gasteiger partial charge < -0.3 is 10.1 Å². The van der Waals surface area contributed by atoms with Crippen molar-refractivity contribution in [1.29, 1.82) is 0 Å². The minimum atomic E-state index is 0.465. The highest BCUT2D eigenvalue weighted by Gasteiger charge is 2.25. The van der Waals surface area contributed by atoms with Crippen molar-refractivity contribution >= 4 is 0 Å². The van der Waals surface area contributed by atoms with Gasteiger partial charge in [-0.15, -0.1) is 0 Å². The van der Waals surface area contributed by atoms with E-state index in [1.165, 1.54) is 44.1 Å². The Labute approximate surface area is 122 Å². The summed E-state index contributed by atoms with van der Waals surface area (Å²) >= 11 is 0. The van der Waals surface area contributed by atoms with E-state index in [4.69, 9.17) is 4.74 Å². The second-order valence-corrected chi connectivity index (χ2v) is 6.25. The number of fused-ring (bicyclic) bond motifs is 1. The fourth-order valence-corrected chi connectivity index (χ4v) is 3.75. The lowest BCUT2D eigenvalue weighted by Crippen LogP contribution is -2.33. The quantitative estimate of drug-likeness (QED) is 0.904.